The fourth-order valence-corrected chi connectivity index (χ4v) is 4.39. The lowest BCUT2D eigenvalue weighted by atomic mass is 9.90. The predicted molar refractivity (Wildman–Crippen MR) is 126 cm³/mol. The molecule has 0 spiro atoms. The lowest BCUT2D eigenvalue weighted by Gasteiger charge is -2.36. The summed E-state index contributed by atoms with van der Waals surface area (Å²) in [7, 11) is 0. The predicted octanol–water partition coefficient (Wildman–Crippen LogP) is 3.28. The van der Waals surface area contributed by atoms with Gasteiger partial charge in [0, 0.05) is 26.2 Å². The maximum Gasteiger partial charge on any atom is 0.234 e. The van der Waals surface area contributed by atoms with Crippen molar-refractivity contribution in [2.45, 2.75) is 12.5 Å². The molecule has 0 aliphatic carbocycles. The van der Waals surface area contributed by atoms with E-state index in [2.05, 4.69) is 20.4 Å². The average Bonchev–Trinajstić information content (AvgIpc) is 3.34. The number of piperazine rings is 1. The normalized spacial score (nSPS) is 14.5. The molecule has 1 amide bonds. The van der Waals surface area contributed by atoms with Crippen LogP contribution in [-0.2, 0) is 11.3 Å². The first-order chi connectivity index (χ1) is 16.7. The zero-order chi connectivity index (χ0) is 23.3. The van der Waals surface area contributed by atoms with Crippen LogP contribution in [0.15, 0.2) is 84.9 Å². The van der Waals surface area contributed by atoms with Gasteiger partial charge in [-0.25, -0.2) is 4.39 Å². The van der Waals surface area contributed by atoms with Gasteiger partial charge in [0.05, 0.1) is 18.2 Å². The summed E-state index contributed by atoms with van der Waals surface area (Å²) in [5.74, 6) is 0.0881. The third-order valence-electron chi connectivity index (χ3n) is 6.15. The van der Waals surface area contributed by atoms with Crippen LogP contribution in [0.25, 0.3) is 5.69 Å². The third kappa shape index (κ3) is 4.72. The molecule has 1 aliphatic heterocycles. The second kappa shape index (κ2) is 9.93. The molecule has 34 heavy (non-hydrogen) atoms. The van der Waals surface area contributed by atoms with Gasteiger partial charge in [-0.15, -0.1) is 5.10 Å². The van der Waals surface area contributed by atoms with E-state index in [-0.39, 0.29) is 17.6 Å². The highest BCUT2D eigenvalue weighted by Crippen LogP contribution is 2.27. The first kappa shape index (κ1) is 21.9. The lowest BCUT2D eigenvalue weighted by Crippen LogP contribution is -2.49. The molecule has 8 heteroatoms. The zero-order valence-electron chi connectivity index (χ0n) is 18.7. The maximum absolute atomic E-state index is 13.6. The Labute approximate surface area is 197 Å². The summed E-state index contributed by atoms with van der Waals surface area (Å²) in [6.45, 7) is 3.18. The molecule has 1 aromatic heterocycles. The van der Waals surface area contributed by atoms with Crippen molar-refractivity contribution in [1.82, 2.24) is 30.0 Å². The number of aromatic nitrogens is 4. The van der Waals surface area contributed by atoms with E-state index in [0.29, 0.717) is 44.2 Å². The van der Waals surface area contributed by atoms with Crippen LogP contribution in [0.1, 0.15) is 22.9 Å². The Bertz CT molecular complexity index is 1200. The fraction of sp³-hybridized carbons (Fsp3) is 0.231. The highest BCUT2D eigenvalue weighted by Gasteiger charge is 2.30. The van der Waals surface area contributed by atoms with Gasteiger partial charge in [0.1, 0.15) is 5.82 Å². The Balaban J connectivity index is 1.27. The molecular formula is C26H25FN6O. The summed E-state index contributed by atoms with van der Waals surface area (Å²) in [6.07, 6.45) is 0. The molecule has 4 aromatic rings. The zero-order valence-corrected chi connectivity index (χ0v) is 18.7. The molecule has 0 N–H and O–H groups in total. The number of nitrogens with zero attached hydrogens (tertiary/aromatic N) is 6. The first-order valence-corrected chi connectivity index (χ1v) is 11.3. The minimum absolute atomic E-state index is 0.113. The molecule has 1 aliphatic rings. The van der Waals surface area contributed by atoms with Gasteiger partial charge in [0.25, 0.3) is 0 Å². The number of tetrazole rings is 1. The van der Waals surface area contributed by atoms with Crippen molar-refractivity contribution in [3.63, 3.8) is 0 Å². The van der Waals surface area contributed by atoms with E-state index in [4.69, 9.17) is 0 Å². The Morgan fingerprint density at radius 2 is 1.50 bits per heavy atom. The van der Waals surface area contributed by atoms with Gasteiger partial charge in [-0.1, -0.05) is 66.7 Å². The number of hydrogen-bond acceptors (Lipinski definition) is 5. The molecule has 0 atom stereocenters. The maximum atomic E-state index is 13.6. The van der Waals surface area contributed by atoms with Crippen LogP contribution >= 0.6 is 0 Å². The standard InChI is InChI=1S/C26H25FN6O/c27-22-12-7-13-23(18-22)33-24(28-29-30-33)19-31-14-16-32(17-15-31)26(34)25(20-8-3-1-4-9-20)21-10-5-2-6-11-21/h1-13,18,25H,14-17,19H2. The number of hydrogen-bond donors (Lipinski definition) is 0. The number of carbonyl (C=O) groups is 1. The molecular weight excluding hydrogens is 431 g/mol. The highest BCUT2D eigenvalue weighted by atomic mass is 19.1. The van der Waals surface area contributed by atoms with Gasteiger partial charge in [-0.05, 0) is 39.8 Å². The van der Waals surface area contributed by atoms with Crippen molar-refractivity contribution in [3.05, 3.63) is 108 Å². The smallest absolute Gasteiger partial charge is 0.234 e. The molecule has 5 rings (SSSR count). The average molecular weight is 457 g/mol. The molecule has 1 saturated heterocycles. The van der Waals surface area contributed by atoms with Gasteiger partial charge >= 0.3 is 0 Å². The Hall–Kier alpha value is -3.91. The highest BCUT2D eigenvalue weighted by molar-refractivity contribution is 5.87. The van der Waals surface area contributed by atoms with Crippen molar-refractivity contribution >= 4 is 5.91 Å². The van der Waals surface area contributed by atoms with Crippen LogP contribution in [0, 0.1) is 5.82 Å². The third-order valence-corrected chi connectivity index (χ3v) is 6.15. The molecule has 172 valence electrons. The van der Waals surface area contributed by atoms with Crippen molar-refractivity contribution in [2.24, 2.45) is 0 Å². The molecule has 2 heterocycles. The first-order valence-electron chi connectivity index (χ1n) is 11.3. The Morgan fingerprint density at radius 3 is 2.12 bits per heavy atom. The monoisotopic (exact) mass is 456 g/mol. The van der Waals surface area contributed by atoms with Gasteiger partial charge in [-0.3, -0.25) is 9.69 Å². The minimum atomic E-state index is -0.336. The fourth-order valence-electron chi connectivity index (χ4n) is 4.39. The van der Waals surface area contributed by atoms with E-state index in [1.165, 1.54) is 12.1 Å². The number of rotatable bonds is 6. The van der Waals surface area contributed by atoms with Crippen LogP contribution in [0.2, 0.25) is 0 Å². The quantitative estimate of drug-likeness (QED) is 0.446. The van der Waals surface area contributed by atoms with Crippen LogP contribution in [0.3, 0.4) is 0 Å². The van der Waals surface area contributed by atoms with Crippen molar-refractivity contribution in [3.8, 4) is 5.69 Å². The van der Waals surface area contributed by atoms with Crippen molar-refractivity contribution in [2.75, 3.05) is 26.2 Å². The van der Waals surface area contributed by atoms with E-state index in [0.717, 1.165) is 11.1 Å². The Morgan fingerprint density at radius 1 is 0.853 bits per heavy atom. The number of carbonyl (C=O) groups excluding carboxylic acids is 1. The summed E-state index contributed by atoms with van der Waals surface area (Å²) in [5.41, 5.74) is 2.58. The molecule has 0 radical (unpaired) electrons. The van der Waals surface area contributed by atoms with Gasteiger partial charge in [-0.2, -0.15) is 4.68 Å². The molecule has 1 fully saturated rings. The van der Waals surface area contributed by atoms with Gasteiger partial charge in [0.2, 0.25) is 5.91 Å². The van der Waals surface area contributed by atoms with Crippen LogP contribution < -0.4 is 0 Å². The van der Waals surface area contributed by atoms with Gasteiger partial charge < -0.3 is 4.90 Å². The molecule has 7 nitrogen and oxygen atoms in total. The van der Waals surface area contributed by atoms with Crippen LogP contribution in [0.5, 0.6) is 0 Å². The van der Waals surface area contributed by atoms with E-state index in [9.17, 15) is 9.18 Å². The number of amides is 1. The van der Waals surface area contributed by atoms with E-state index in [1.807, 2.05) is 65.6 Å². The van der Waals surface area contributed by atoms with Gasteiger partial charge in [0.15, 0.2) is 5.82 Å². The summed E-state index contributed by atoms with van der Waals surface area (Å²) < 4.78 is 15.2. The summed E-state index contributed by atoms with van der Waals surface area (Å²) >= 11 is 0. The summed E-state index contributed by atoms with van der Waals surface area (Å²) in [6, 6.07) is 26.1. The van der Waals surface area contributed by atoms with E-state index < -0.39 is 0 Å². The molecule has 3 aromatic carbocycles. The second-order valence-electron chi connectivity index (χ2n) is 8.34. The summed E-state index contributed by atoms with van der Waals surface area (Å²) in [5, 5.41) is 11.9. The topological polar surface area (TPSA) is 67.2 Å². The largest absolute Gasteiger partial charge is 0.339 e. The van der Waals surface area contributed by atoms with Crippen LogP contribution in [-0.4, -0.2) is 62.1 Å². The molecule has 0 saturated carbocycles. The number of benzene rings is 3. The second-order valence-corrected chi connectivity index (χ2v) is 8.34. The van der Waals surface area contributed by atoms with Crippen LogP contribution in [0.4, 0.5) is 4.39 Å². The minimum Gasteiger partial charge on any atom is -0.339 e. The van der Waals surface area contributed by atoms with E-state index >= 15 is 0 Å². The van der Waals surface area contributed by atoms with Crippen molar-refractivity contribution < 1.29 is 9.18 Å². The summed E-state index contributed by atoms with van der Waals surface area (Å²) in [4.78, 5) is 17.8. The SMILES string of the molecule is O=C(C(c1ccccc1)c1ccccc1)N1CCN(Cc2nnnn2-c2cccc(F)c2)CC1. The Kier molecular flexibility index (Phi) is 6.40. The molecule has 0 unspecified atom stereocenters. The number of halogens is 1. The lowest BCUT2D eigenvalue weighted by molar-refractivity contribution is -0.133. The van der Waals surface area contributed by atoms with E-state index in [1.54, 1.807) is 16.8 Å². The molecule has 0 bridgehead atoms. The van der Waals surface area contributed by atoms with Crippen molar-refractivity contribution in [1.29, 1.82) is 0 Å².